The SMILES string of the molecule is COC(=O)[C@H]1C[C@@H](OS(C)(=O)=O)C=C1CO. The first-order valence-corrected chi connectivity index (χ1v) is 6.46. The fourth-order valence-corrected chi connectivity index (χ4v) is 2.23. The van der Waals surface area contributed by atoms with Gasteiger partial charge in [0.1, 0.15) is 0 Å². The summed E-state index contributed by atoms with van der Waals surface area (Å²) in [6, 6.07) is 0. The average molecular weight is 250 g/mol. The van der Waals surface area contributed by atoms with Crippen LogP contribution in [0, 0.1) is 5.92 Å². The number of carbonyl (C=O) groups excluding carboxylic acids is 1. The van der Waals surface area contributed by atoms with Gasteiger partial charge in [0, 0.05) is 0 Å². The number of carbonyl (C=O) groups is 1. The summed E-state index contributed by atoms with van der Waals surface area (Å²) in [5.74, 6) is -1.12. The number of methoxy groups -OCH3 is 1. The van der Waals surface area contributed by atoms with Crippen molar-refractivity contribution in [3.8, 4) is 0 Å². The molecule has 0 fully saturated rings. The summed E-state index contributed by atoms with van der Waals surface area (Å²) >= 11 is 0. The Kier molecular flexibility index (Phi) is 4.06. The Morgan fingerprint density at radius 2 is 2.25 bits per heavy atom. The van der Waals surface area contributed by atoms with E-state index in [1.807, 2.05) is 0 Å². The zero-order chi connectivity index (χ0) is 12.3. The molecule has 0 aliphatic heterocycles. The van der Waals surface area contributed by atoms with Crippen molar-refractivity contribution in [3.63, 3.8) is 0 Å². The predicted octanol–water partition coefficient (Wildman–Crippen LogP) is -0.557. The van der Waals surface area contributed by atoms with Gasteiger partial charge in [-0.1, -0.05) is 6.08 Å². The van der Waals surface area contributed by atoms with E-state index >= 15 is 0 Å². The summed E-state index contributed by atoms with van der Waals surface area (Å²) in [6.45, 7) is -0.316. The van der Waals surface area contributed by atoms with Crippen LogP contribution in [0.4, 0.5) is 0 Å². The van der Waals surface area contributed by atoms with E-state index in [1.54, 1.807) is 0 Å². The number of ether oxygens (including phenoxy) is 1. The molecule has 92 valence electrons. The van der Waals surface area contributed by atoms with Crippen molar-refractivity contribution >= 4 is 16.1 Å². The highest BCUT2D eigenvalue weighted by Crippen LogP contribution is 2.29. The molecule has 0 unspecified atom stereocenters. The second-order valence-electron chi connectivity index (χ2n) is 3.55. The van der Waals surface area contributed by atoms with Crippen LogP contribution < -0.4 is 0 Å². The van der Waals surface area contributed by atoms with Gasteiger partial charge in [-0.2, -0.15) is 8.42 Å². The molecule has 0 aromatic heterocycles. The Balaban J connectivity index is 2.76. The quantitative estimate of drug-likeness (QED) is 0.409. The minimum absolute atomic E-state index is 0.176. The molecule has 0 aromatic rings. The molecule has 1 rings (SSSR count). The summed E-state index contributed by atoms with van der Waals surface area (Å²) in [5.41, 5.74) is 0.431. The highest BCUT2D eigenvalue weighted by atomic mass is 32.2. The molecule has 6 nitrogen and oxygen atoms in total. The molecule has 0 radical (unpaired) electrons. The summed E-state index contributed by atoms with van der Waals surface area (Å²) in [4.78, 5) is 11.3. The van der Waals surface area contributed by atoms with Crippen LogP contribution in [0.5, 0.6) is 0 Å². The van der Waals surface area contributed by atoms with Crippen molar-refractivity contribution in [2.45, 2.75) is 12.5 Å². The van der Waals surface area contributed by atoms with Crippen LogP contribution in [-0.2, 0) is 23.8 Å². The Bertz CT molecular complexity index is 396. The molecule has 1 aliphatic carbocycles. The number of hydrogen-bond donors (Lipinski definition) is 1. The molecular weight excluding hydrogens is 236 g/mol. The molecule has 0 saturated carbocycles. The van der Waals surface area contributed by atoms with Gasteiger partial charge >= 0.3 is 5.97 Å². The third-order valence-electron chi connectivity index (χ3n) is 2.28. The molecule has 0 heterocycles. The zero-order valence-electron chi connectivity index (χ0n) is 9.04. The standard InChI is InChI=1S/C9H14O6S/c1-14-9(11)8-4-7(3-6(8)5-10)15-16(2,12)13/h3,7-8,10H,4-5H2,1-2H3/t7-,8-/m0/s1. The summed E-state index contributed by atoms with van der Waals surface area (Å²) in [5, 5.41) is 9.02. The van der Waals surface area contributed by atoms with Crippen molar-refractivity contribution in [2.75, 3.05) is 20.0 Å². The van der Waals surface area contributed by atoms with Gasteiger partial charge in [-0.3, -0.25) is 8.98 Å². The first-order chi connectivity index (χ1) is 7.37. The summed E-state index contributed by atoms with van der Waals surface area (Å²) in [7, 11) is -2.34. The largest absolute Gasteiger partial charge is 0.469 e. The molecule has 7 heteroatoms. The van der Waals surface area contributed by atoms with Crippen LogP contribution in [-0.4, -0.2) is 45.6 Å². The Morgan fingerprint density at radius 3 is 2.69 bits per heavy atom. The monoisotopic (exact) mass is 250 g/mol. The molecule has 2 atom stereocenters. The summed E-state index contributed by atoms with van der Waals surface area (Å²) < 4.78 is 31.1. The normalized spacial score (nSPS) is 25.3. The first kappa shape index (κ1) is 13.1. The first-order valence-electron chi connectivity index (χ1n) is 4.65. The lowest BCUT2D eigenvalue weighted by Crippen LogP contribution is -2.20. The van der Waals surface area contributed by atoms with Gasteiger partial charge in [0.05, 0.1) is 32.0 Å². The average Bonchev–Trinajstić information content (AvgIpc) is 2.57. The zero-order valence-corrected chi connectivity index (χ0v) is 9.86. The van der Waals surface area contributed by atoms with E-state index in [1.165, 1.54) is 13.2 Å². The molecule has 0 amide bonds. The van der Waals surface area contributed by atoms with Crippen molar-refractivity contribution in [1.82, 2.24) is 0 Å². The van der Waals surface area contributed by atoms with E-state index in [9.17, 15) is 13.2 Å². The second-order valence-corrected chi connectivity index (χ2v) is 5.15. The summed E-state index contributed by atoms with van der Waals surface area (Å²) in [6.07, 6.45) is 1.85. The maximum Gasteiger partial charge on any atom is 0.312 e. The number of rotatable bonds is 4. The highest BCUT2D eigenvalue weighted by molar-refractivity contribution is 7.86. The fraction of sp³-hybridized carbons (Fsp3) is 0.667. The van der Waals surface area contributed by atoms with Gasteiger partial charge < -0.3 is 9.84 Å². The second kappa shape index (κ2) is 4.94. The minimum atomic E-state index is -3.57. The van der Waals surface area contributed by atoms with Gasteiger partial charge in [0.15, 0.2) is 0 Å². The van der Waals surface area contributed by atoms with E-state index in [2.05, 4.69) is 4.74 Å². The van der Waals surface area contributed by atoms with Crippen molar-refractivity contribution in [2.24, 2.45) is 5.92 Å². The van der Waals surface area contributed by atoms with Gasteiger partial charge in [0.25, 0.3) is 10.1 Å². The minimum Gasteiger partial charge on any atom is -0.469 e. The van der Waals surface area contributed by atoms with Gasteiger partial charge in [0.2, 0.25) is 0 Å². The van der Waals surface area contributed by atoms with Crippen LogP contribution in [0.2, 0.25) is 0 Å². The Labute approximate surface area is 94.0 Å². The van der Waals surface area contributed by atoms with Gasteiger partial charge in [-0.05, 0) is 12.0 Å². The highest BCUT2D eigenvalue weighted by Gasteiger charge is 2.34. The van der Waals surface area contributed by atoms with E-state index < -0.39 is 28.1 Å². The lowest BCUT2D eigenvalue weighted by Gasteiger charge is -2.11. The van der Waals surface area contributed by atoms with Crippen LogP contribution >= 0.6 is 0 Å². The van der Waals surface area contributed by atoms with Crippen molar-refractivity contribution in [1.29, 1.82) is 0 Å². The maximum absolute atomic E-state index is 11.3. The third kappa shape index (κ3) is 3.29. The molecule has 1 aliphatic rings. The maximum atomic E-state index is 11.3. The molecule has 0 bridgehead atoms. The number of hydrogen-bond acceptors (Lipinski definition) is 6. The van der Waals surface area contributed by atoms with E-state index in [0.717, 1.165) is 6.26 Å². The molecule has 16 heavy (non-hydrogen) atoms. The van der Waals surface area contributed by atoms with Crippen LogP contribution in [0.15, 0.2) is 11.6 Å². The van der Waals surface area contributed by atoms with E-state index in [-0.39, 0.29) is 13.0 Å². The lowest BCUT2D eigenvalue weighted by atomic mass is 10.0. The predicted molar refractivity (Wildman–Crippen MR) is 55.0 cm³/mol. The third-order valence-corrected chi connectivity index (χ3v) is 2.88. The lowest BCUT2D eigenvalue weighted by molar-refractivity contribution is -0.144. The number of esters is 1. The molecule has 1 N–H and O–H groups in total. The van der Waals surface area contributed by atoms with Crippen molar-refractivity contribution in [3.05, 3.63) is 11.6 Å². The number of aliphatic hydroxyl groups excluding tert-OH is 1. The van der Waals surface area contributed by atoms with E-state index in [4.69, 9.17) is 9.29 Å². The molecular formula is C9H14O6S. The Hall–Kier alpha value is -0.920. The molecule has 0 aromatic carbocycles. The van der Waals surface area contributed by atoms with Gasteiger partial charge in [-0.15, -0.1) is 0 Å². The fourth-order valence-electron chi connectivity index (χ4n) is 1.65. The van der Waals surface area contributed by atoms with Crippen LogP contribution in [0.25, 0.3) is 0 Å². The Morgan fingerprint density at radius 1 is 1.62 bits per heavy atom. The van der Waals surface area contributed by atoms with Gasteiger partial charge in [-0.25, -0.2) is 0 Å². The topological polar surface area (TPSA) is 89.9 Å². The molecule has 0 spiro atoms. The van der Waals surface area contributed by atoms with Crippen LogP contribution in [0.3, 0.4) is 0 Å². The van der Waals surface area contributed by atoms with Crippen molar-refractivity contribution < 1.29 is 27.2 Å². The smallest absolute Gasteiger partial charge is 0.312 e. The van der Waals surface area contributed by atoms with Crippen LogP contribution in [0.1, 0.15) is 6.42 Å². The number of aliphatic hydroxyl groups is 1. The molecule has 0 saturated heterocycles. The van der Waals surface area contributed by atoms with E-state index in [0.29, 0.717) is 5.57 Å².